The van der Waals surface area contributed by atoms with Crippen LogP contribution in [0.4, 0.5) is 0 Å². The number of hydrogen-bond donors (Lipinski definition) is 3. The van der Waals surface area contributed by atoms with Crippen LogP contribution in [0, 0.1) is 0 Å². The van der Waals surface area contributed by atoms with E-state index in [9.17, 15) is 9.90 Å². The Labute approximate surface area is 209 Å². The fourth-order valence-corrected chi connectivity index (χ4v) is 4.03. The van der Waals surface area contributed by atoms with Crippen LogP contribution in [0.15, 0.2) is 72.9 Å². The van der Waals surface area contributed by atoms with Gasteiger partial charge in [-0.2, -0.15) is 0 Å². The number of methoxy groups -OCH3 is 1. The van der Waals surface area contributed by atoms with E-state index in [-0.39, 0.29) is 19.0 Å². The number of aliphatic carboxylic acids is 1. The van der Waals surface area contributed by atoms with E-state index in [0.29, 0.717) is 29.5 Å². The Morgan fingerprint density at radius 1 is 1.09 bits per heavy atom. The van der Waals surface area contributed by atoms with Crippen molar-refractivity contribution >= 4 is 40.9 Å². The number of H-pyrrole nitrogens is 1. The van der Waals surface area contributed by atoms with Gasteiger partial charge in [0.2, 0.25) is 0 Å². The third kappa shape index (κ3) is 6.03. The molecule has 0 aliphatic rings. The zero-order valence-corrected chi connectivity index (χ0v) is 20.2. The van der Waals surface area contributed by atoms with E-state index in [1.54, 1.807) is 19.2 Å². The standard InChI is InChI=1S/C26H25ClN2O4.ClH/c1-32-24-13-20(27)11-19(25(24)33-16-17-7-3-2-4-8-17)15-29-23(26(30)31)12-18-14-28-22-10-6-5-9-21(18)22;/h2-11,13-14,23,28-29H,12,15-16H2,1H3,(H,30,31);1H. The molecule has 6 nitrogen and oxygen atoms in total. The highest BCUT2D eigenvalue weighted by atomic mass is 35.5. The molecule has 1 unspecified atom stereocenters. The number of aromatic amines is 1. The lowest BCUT2D eigenvalue weighted by atomic mass is 10.0. The van der Waals surface area contributed by atoms with Crippen molar-refractivity contribution in [2.45, 2.75) is 25.6 Å². The largest absolute Gasteiger partial charge is 0.493 e. The van der Waals surface area contributed by atoms with Crippen LogP contribution in [0.25, 0.3) is 10.9 Å². The van der Waals surface area contributed by atoms with Crippen molar-refractivity contribution in [3.63, 3.8) is 0 Å². The molecule has 1 heterocycles. The summed E-state index contributed by atoms with van der Waals surface area (Å²) in [6, 6.07) is 20.3. The quantitative estimate of drug-likeness (QED) is 0.263. The van der Waals surface area contributed by atoms with Gasteiger partial charge in [0.25, 0.3) is 0 Å². The Bertz CT molecular complexity index is 1240. The molecule has 0 bridgehead atoms. The van der Waals surface area contributed by atoms with E-state index in [1.165, 1.54) is 0 Å². The van der Waals surface area contributed by atoms with Crippen LogP contribution in [0.1, 0.15) is 16.7 Å². The molecule has 0 fully saturated rings. The molecule has 0 amide bonds. The average molecular weight is 501 g/mol. The summed E-state index contributed by atoms with van der Waals surface area (Å²) >= 11 is 6.29. The first-order valence-corrected chi connectivity index (χ1v) is 11.0. The van der Waals surface area contributed by atoms with Crippen molar-refractivity contribution in [3.05, 3.63) is 94.6 Å². The fourth-order valence-electron chi connectivity index (χ4n) is 3.80. The van der Waals surface area contributed by atoms with Gasteiger partial charge in [-0.25, -0.2) is 0 Å². The van der Waals surface area contributed by atoms with E-state index in [1.807, 2.05) is 60.8 Å². The first kappa shape index (κ1) is 25.4. The van der Waals surface area contributed by atoms with Gasteiger partial charge >= 0.3 is 5.97 Å². The van der Waals surface area contributed by atoms with E-state index >= 15 is 0 Å². The van der Waals surface area contributed by atoms with Crippen LogP contribution in [0.5, 0.6) is 11.5 Å². The lowest BCUT2D eigenvalue weighted by molar-refractivity contribution is -0.139. The third-order valence-electron chi connectivity index (χ3n) is 5.48. The van der Waals surface area contributed by atoms with Crippen molar-refractivity contribution in [1.29, 1.82) is 0 Å². The molecule has 3 N–H and O–H groups in total. The number of rotatable bonds is 10. The smallest absolute Gasteiger partial charge is 0.321 e. The minimum atomic E-state index is -0.930. The van der Waals surface area contributed by atoms with Crippen molar-refractivity contribution in [3.8, 4) is 11.5 Å². The first-order valence-electron chi connectivity index (χ1n) is 10.6. The second-order valence-electron chi connectivity index (χ2n) is 7.71. The first-order chi connectivity index (χ1) is 16.0. The lowest BCUT2D eigenvalue weighted by Crippen LogP contribution is -2.38. The molecule has 1 atom stereocenters. The zero-order chi connectivity index (χ0) is 23.2. The number of carboxylic acids is 1. The molecule has 178 valence electrons. The summed E-state index contributed by atoms with van der Waals surface area (Å²) in [6.45, 7) is 0.601. The molecule has 0 saturated carbocycles. The number of ether oxygens (including phenoxy) is 2. The topological polar surface area (TPSA) is 83.6 Å². The molecule has 3 aromatic carbocycles. The molecule has 0 radical (unpaired) electrons. The van der Waals surface area contributed by atoms with Gasteiger partial charge in [0.1, 0.15) is 12.6 Å². The molecule has 8 heteroatoms. The van der Waals surface area contributed by atoms with Crippen LogP contribution in [-0.4, -0.2) is 29.2 Å². The van der Waals surface area contributed by atoms with Gasteiger partial charge in [-0.1, -0.05) is 60.1 Å². The highest BCUT2D eigenvalue weighted by Gasteiger charge is 2.21. The predicted molar refractivity (Wildman–Crippen MR) is 136 cm³/mol. The Hall–Kier alpha value is -3.19. The average Bonchev–Trinajstić information content (AvgIpc) is 3.24. The molecule has 34 heavy (non-hydrogen) atoms. The van der Waals surface area contributed by atoms with Crippen LogP contribution >= 0.6 is 24.0 Å². The minimum Gasteiger partial charge on any atom is -0.493 e. The van der Waals surface area contributed by atoms with Crippen LogP contribution in [-0.2, 0) is 24.4 Å². The number of fused-ring (bicyclic) bond motifs is 1. The number of aromatic nitrogens is 1. The van der Waals surface area contributed by atoms with Crippen LogP contribution in [0.2, 0.25) is 5.02 Å². The maximum atomic E-state index is 12.0. The summed E-state index contributed by atoms with van der Waals surface area (Å²) in [6.07, 6.45) is 2.19. The lowest BCUT2D eigenvalue weighted by Gasteiger charge is -2.19. The van der Waals surface area contributed by atoms with E-state index in [0.717, 1.165) is 27.6 Å². The molecule has 0 spiro atoms. The SMILES string of the molecule is COc1cc(Cl)cc(CNC(Cc2c[nH]c3ccccc23)C(=O)O)c1OCc1ccccc1.Cl. The molecule has 4 aromatic rings. The number of hydrogen-bond acceptors (Lipinski definition) is 4. The van der Waals surface area contributed by atoms with Crippen LogP contribution in [0.3, 0.4) is 0 Å². The fraction of sp³-hybridized carbons (Fsp3) is 0.192. The van der Waals surface area contributed by atoms with Gasteiger partial charge in [0.15, 0.2) is 11.5 Å². The second-order valence-corrected chi connectivity index (χ2v) is 8.14. The van der Waals surface area contributed by atoms with E-state index < -0.39 is 12.0 Å². The number of nitrogens with one attached hydrogen (secondary N) is 2. The zero-order valence-electron chi connectivity index (χ0n) is 18.6. The van der Waals surface area contributed by atoms with Crippen molar-refractivity contribution in [2.24, 2.45) is 0 Å². The predicted octanol–water partition coefficient (Wildman–Crippen LogP) is 5.62. The van der Waals surface area contributed by atoms with Crippen LogP contribution < -0.4 is 14.8 Å². The summed E-state index contributed by atoms with van der Waals surface area (Å²) in [5.41, 5.74) is 3.65. The van der Waals surface area contributed by atoms with E-state index in [2.05, 4.69) is 10.3 Å². The summed E-state index contributed by atoms with van der Waals surface area (Å²) in [5, 5.41) is 14.5. The Kier molecular flexibility index (Phi) is 8.82. The number of halogens is 2. The summed E-state index contributed by atoms with van der Waals surface area (Å²) in [4.78, 5) is 15.2. The van der Waals surface area contributed by atoms with Crippen molar-refractivity contribution < 1.29 is 19.4 Å². The van der Waals surface area contributed by atoms with Gasteiger partial charge in [0, 0.05) is 46.7 Å². The minimum absolute atomic E-state index is 0. The van der Waals surface area contributed by atoms with Gasteiger partial charge in [0.05, 0.1) is 7.11 Å². The molecule has 0 aliphatic carbocycles. The highest BCUT2D eigenvalue weighted by molar-refractivity contribution is 6.30. The number of para-hydroxylation sites is 1. The number of benzene rings is 3. The molecule has 0 aliphatic heterocycles. The Balaban J connectivity index is 0.00000324. The van der Waals surface area contributed by atoms with Crippen molar-refractivity contribution in [1.82, 2.24) is 10.3 Å². The van der Waals surface area contributed by atoms with E-state index in [4.69, 9.17) is 21.1 Å². The van der Waals surface area contributed by atoms with Gasteiger partial charge in [-0.05, 0) is 23.3 Å². The number of carbonyl (C=O) groups is 1. The van der Waals surface area contributed by atoms with Gasteiger partial charge < -0.3 is 19.6 Å². The molecular weight excluding hydrogens is 475 g/mol. The maximum absolute atomic E-state index is 12.0. The Morgan fingerprint density at radius 2 is 1.82 bits per heavy atom. The number of carboxylic acid groups (broad SMARTS) is 1. The highest BCUT2D eigenvalue weighted by Crippen LogP contribution is 2.35. The summed E-state index contributed by atoms with van der Waals surface area (Å²) in [7, 11) is 1.55. The second kappa shape index (κ2) is 11.8. The maximum Gasteiger partial charge on any atom is 0.321 e. The summed E-state index contributed by atoms with van der Waals surface area (Å²) in [5.74, 6) is 0.106. The monoisotopic (exact) mass is 500 g/mol. The molecule has 0 saturated heterocycles. The van der Waals surface area contributed by atoms with Crippen molar-refractivity contribution in [2.75, 3.05) is 7.11 Å². The molecular formula is C26H26Cl2N2O4. The molecule has 1 aromatic heterocycles. The normalized spacial score (nSPS) is 11.6. The Morgan fingerprint density at radius 3 is 2.56 bits per heavy atom. The van der Waals surface area contributed by atoms with Gasteiger partial charge in [-0.3, -0.25) is 10.1 Å². The summed E-state index contributed by atoms with van der Waals surface area (Å²) < 4.78 is 11.6. The third-order valence-corrected chi connectivity index (χ3v) is 5.70. The molecule has 4 rings (SSSR count). The van der Waals surface area contributed by atoms with Gasteiger partial charge in [-0.15, -0.1) is 12.4 Å².